The van der Waals surface area contributed by atoms with Gasteiger partial charge in [-0.25, -0.2) is 0 Å². The summed E-state index contributed by atoms with van der Waals surface area (Å²) in [6.07, 6.45) is 2.26. The fourth-order valence-corrected chi connectivity index (χ4v) is 2.66. The van der Waals surface area contributed by atoms with E-state index in [1.54, 1.807) is 11.8 Å². The number of benzene rings is 2. The van der Waals surface area contributed by atoms with Crippen LogP contribution in [0.25, 0.3) is 11.1 Å². The van der Waals surface area contributed by atoms with Crippen molar-refractivity contribution in [2.45, 2.75) is 25.5 Å². The van der Waals surface area contributed by atoms with Crippen LogP contribution in [0.5, 0.6) is 0 Å². The Morgan fingerprint density at radius 3 is 2.33 bits per heavy atom. The molecule has 0 bridgehead atoms. The van der Waals surface area contributed by atoms with Gasteiger partial charge in [0.1, 0.15) is 0 Å². The number of nitrogens with zero attached hydrogens (tertiary/aromatic N) is 1. The molecule has 0 spiro atoms. The second-order valence-corrected chi connectivity index (χ2v) is 5.92. The molecule has 2 rings (SSSR count). The van der Waals surface area contributed by atoms with E-state index in [-0.39, 0.29) is 0 Å². The summed E-state index contributed by atoms with van der Waals surface area (Å²) in [5.74, 6) is 0.872. The minimum Gasteiger partial charge on any atom is -0.379 e. The maximum atomic E-state index is 5.90. The molecule has 0 aromatic heterocycles. The molecule has 0 saturated carbocycles. The van der Waals surface area contributed by atoms with Crippen LogP contribution in [0.3, 0.4) is 0 Å². The van der Waals surface area contributed by atoms with Gasteiger partial charge in [-0.2, -0.15) is 0 Å². The first-order chi connectivity index (χ1) is 10.3. The topological polar surface area (TPSA) is 38.4 Å². The first kappa shape index (κ1) is 15.6. The van der Waals surface area contributed by atoms with Crippen molar-refractivity contribution in [1.82, 2.24) is 0 Å². The van der Waals surface area contributed by atoms with Crippen molar-refractivity contribution < 1.29 is 0 Å². The quantitative estimate of drug-likeness (QED) is 0.477. The maximum Gasteiger partial charge on any atom is 0.154 e. The highest BCUT2D eigenvalue weighted by Gasteiger charge is 1.99. The molecule has 3 heteroatoms. The summed E-state index contributed by atoms with van der Waals surface area (Å²) in [6.45, 7) is 3.00. The van der Waals surface area contributed by atoms with Crippen LogP contribution in [0.1, 0.15) is 25.3 Å². The van der Waals surface area contributed by atoms with Crippen LogP contribution in [-0.4, -0.2) is 11.7 Å². The minimum absolute atomic E-state index is 0.690. The van der Waals surface area contributed by atoms with Crippen LogP contribution >= 0.6 is 11.8 Å². The predicted octanol–water partition coefficient (Wildman–Crippen LogP) is 4.70. The molecular weight excluding hydrogens is 276 g/mol. The summed E-state index contributed by atoms with van der Waals surface area (Å²) >= 11 is 1.61. The molecule has 0 heterocycles. The lowest BCUT2D eigenvalue weighted by atomic mass is 10.0. The lowest BCUT2D eigenvalue weighted by molar-refractivity contribution is 0.809. The predicted molar refractivity (Wildman–Crippen MR) is 94.6 cm³/mol. The molecule has 21 heavy (non-hydrogen) atoms. The van der Waals surface area contributed by atoms with Crippen LogP contribution in [0, 0.1) is 0 Å². The van der Waals surface area contributed by atoms with Gasteiger partial charge in [0.15, 0.2) is 5.17 Å². The normalized spacial score (nSPS) is 11.6. The molecule has 2 aromatic rings. The molecule has 0 aliphatic heterocycles. The molecule has 2 N–H and O–H groups in total. The van der Waals surface area contributed by atoms with E-state index in [2.05, 4.69) is 60.4 Å². The Hall–Kier alpha value is -1.74. The average molecular weight is 298 g/mol. The smallest absolute Gasteiger partial charge is 0.154 e. The van der Waals surface area contributed by atoms with E-state index in [0.29, 0.717) is 5.17 Å². The summed E-state index contributed by atoms with van der Waals surface area (Å²) in [5.41, 5.74) is 9.66. The summed E-state index contributed by atoms with van der Waals surface area (Å²) < 4.78 is 0. The molecule has 0 amide bonds. The zero-order valence-electron chi connectivity index (χ0n) is 12.5. The summed E-state index contributed by atoms with van der Waals surface area (Å²) in [5, 5.41) is 0.690. The monoisotopic (exact) mass is 298 g/mol. The molecule has 0 fully saturated rings. The Morgan fingerprint density at radius 2 is 1.67 bits per heavy atom. The van der Waals surface area contributed by atoms with Gasteiger partial charge in [0.2, 0.25) is 0 Å². The third kappa shape index (κ3) is 5.27. The van der Waals surface area contributed by atoms with E-state index >= 15 is 0 Å². The van der Waals surface area contributed by atoms with Crippen molar-refractivity contribution in [1.29, 1.82) is 0 Å². The highest BCUT2D eigenvalue weighted by atomic mass is 32.2. The molecule has 2 nitrogen and oxygen atoms in total. The zero-order valence-corrected chi connectivity index (χ0v) is 13.3. The SMILES string of the molecule is CCCCN=C(N)SCc1ccc(-c2ccccc2)cc1. The third-order valence-corrected chi connectivity index (χ3v) is 4.13. The summed E-state index contributed by atoms with van der Waals surface area (Å²) in [4.78, 5) is 4.35. The number of hydrogen-bond donors (Lipinski definition) is 1. The minimum atomic E-state index is 0.690. The van der Waals surface area contributed by atoms with Gasteiger partial charge < -0.3 is 5.73 Å². The van der Waals surface area contributed by atoms with E-state index in [1.807, 2.05) is 6.07 Å². The van der Waals surface area contributed by atoms with Gasteiger partial charge in [-0.3, -0.25) is 4.99 Å². The van der Waals surface area contributed by atoms with Gasteiger partial charge in [-0.15, -0.1) is 0 Å². The van der Waals surface area contributed by atoms with Crippen molar-refractivity contribution in [3.63, 3.8) is 0 Å². The molecule has 0 aliphatic carbocycles. The van der Waals surface area contributed by atoms with Gasteiger partial charge in [0.25, 0.3) is 0 Å². The van der Waals surface area contributed by atoms with Crippen molar-refractivity contribution in [3.8, 4) is 11.1 Å². The number of aliphatic imine (C=N–C) groups is 1. The van der Waals surface area contributed by atoms with Crippen LogP contribution in [0.15, 0.2) is 59.6 Å². The number of amidine groups is 1. The molecule has 0 atom stereocenters. The molecule has 0 unspecified atom stereocenters. The lowest BCUT2D eigenvalue weighted by Crippen LogP contribution is -2.07. The number of nitrogens with two attached hydrogens (primary N) is 1. The van der Waals surface area contributed by atoms with E-state index in [0.717, 1.165) is 25.1 Å². The van der Waals surface area contributed by atoms with Gasteiger partial charge in [0, 0.05) is 12.3 Å². The Bertz CT molecular complexity index is 562. The maximum absolute atomic E-state index is 5.90. The van der Waals surface area contributed by atoms with Crippen molar-refractivity contribution in [2.24, 2.45) is 10.7 Å². The molecule has 0 aliphatic rings. The Balaban J connectivity index is 1.90. The van der Waals surface area contributed by atoms with Crippen molar-refractivity contribution in [2.75, 3.05) is 6.54 Å². The third-order valence-electron chi connectivity index (χ3n) is 3.23. The number of unbranched alkanes of at least 4 members (excludes halogenated alkanes) is 1. The van der Waals surface area contributed by atoms with Gasteiger partial charge in [-0.05, 0) is 23.1 Å². The van der Waals surface area contributed by atoms with E-state index < -0.39 is 0 Å². The average Bonchev–Trinajstić information content (AvgIpc) is 2.54. The first-order valence-corrected chi connectivity index (χ1v) is 8.35. The fourth-order valence-electron chi connectivity index (χ4n) is 1.97. The highest BCUT2D eigenvalue weighted by Crippen LogP contribution is 2.21. The summed E-state index contributed by atoms with van der Waals surface area (Å²) in [7, 11) is 0. The van der Waals surface area contributed by atoms with Crippen LogP contribution in [-0.2, 0) is 5.75 Å². The van der Waals surface area contributed by atoms with Crippen molar-refractivity contribution >= 4 is 16.9 Å². The van der Waals surface area contributed by atoms with Crippen LogP contribution < -0.4 is 5.73 Å². The standard InChI is InChI=1S/C18H22N2S/c1-2-3-13-20-18(19)21-14-15-9-11-17(12-10-15)16-7-5-4-6-8-16/h4-12H,2-3,13-14H2,1H3,(H2,19,20). The largest absolute Gasteiger partial charge is 0.379 e. The second-order valence-electron chi connectivity index (χ2n) is 4.93. The summed E-state index contributed by atoms with van der Waals surface area (Å²) in [6, 6.07) is 19.1. The van der Waals surface area contributed by atoms with Gasteiger partial charge in [-0.1, -0.05) is 79.7 Å². The zero-order chi connectivity index (χ0) is 14.9. The fraction of sp³-hybridized carbons (Fsp3) is 0.278. The van der Waals surface area contributed by atoms with Crippen LogP contribution in [0.2, 0.25) is 0 Å². The number of thioether (sulfide) groups is 1. The lowest BCUT2D eigenvalue weighted by Gasteiger charge is -2.05. The molecule has 2 aromatic carbocycles. The Kier molecular flexibility index (Phi) is 6.35. The second kappa shape index (κ2) is 8.53. The Morgan fingerprint density at radius 1 is 1.00 bits per heavy atom. The van der Waals surface area contributed by atoms with E-state index in [4.69, 9.17) is 5.73 Å². The molecule has 110 valence electrons. The number of rotatable bonds is 6. The Labute approximate surface area is 131 Å². The van der Waals surface area contributed by atoms with Gasteiger partial charge in [0.05, 0.1) is 0 Å². The highest BCUT2D eigenvalue weighted by molar-refractivity contribution is 8.13. The molecule has 0 radical (unpaired) electrons. The van der Waals surface area contributed by atoms with E-state index in [1.165, 1.54) is 16.7 Å². The van der Waals surface area contributed by atoms with E-state index in [9.17, 15) is 0 Å². The van der Waals surface area contributed by atoms with Crippen molar-refractivity contribution in [3.05, 3.63) is 60.2 Å². The molecular formula is C18H22N2S. The first-order valence-electron chi connectivity index (χ1n) is 7.36. The van der Waals surface area contributed by atoms with Crippen LogP contribution in [0.4, 0.5) is 0 Å². The molecule has 0 saturated heterocycles. The van der Waals surface area contributed by atoms with Gasteiger partial charge >= 0.3 is 0 Å². The number of hydrogen-bond acceptors (Lipinski definition) is 2.